The van der Waals surface area contributed by atoms with E-state index in [0.717, 1.165) is 17.3 Å². The Morgan fingerprint density at radius 1 is 0.929 bits per heavy atom. The fourth-order valence-corrected chi connectivity index (χ4v) is 2.93. The van der Waals surface area contributed by atoms with Crippen molar-refractivity contribution in [3.8, 4) is 0 Å². The number of pyridine rings is 1. The van der Waals surface area contributed by atoms with Crippen LogP contribution >= 0.6 is 0 Å². The second kappa shape index (κ2) is 7.95. The quantitative estimate of drug-likeness (QED) is 0.734. The van der Waals surface area contributed by atoms with Crippen LogP contribution in [0.4, 0.5) is 17.5 Å². The van der Waals surface area contributed by atoms with Crippen LogP contribution in [0.25, 0.3) is 0 Å². The van der Waals surface area contributed by atoms with Gasteiger partial charge < -0.3 is 15.1 Å². The number of hydrogen-bond acceptors (Lipinski definition) is 8. The van der Waals surface area contributed by atoms with Gasteiger partial charge in [0, 0.05) is 38.6 Å². The van der Waals surface area contributed by atoms with Crippen LogP contribution < -0.4 is 10.2 Å². The molecule has 4 rings (SSSR count). The van der Waals surface area contributed by atoms with Crippen LogP contribution in [0.1, 0.15) is 16.2 Å². The summed E-state index contributed by atoms with van der Waals surface area (Å²) in [7, 11) is 0. The molecule has 0 atom stereocenters. The minimum absolute atomic E-state index is 0.0897. The van der Waals surface area contributed by atoms with Gasteiger partial charge in [0.05, 0.1) is 11.9 Å². The molecule has 142 valence electrons. The summed E-state index contributed by atoms with van der Waals surface area (Å²) in [6.45, 7) is 4.42. The van der Waals surface area contributed by atoms with Crippen molar-refractivity contribution in [1.29, 1.82) is 0 Å². The predicted molar refractivity (Wildman–Crippen MR) is 104 cm³/mol. The van der Waals surface area contributed by atoms with Gasteiger partial charge in [-0.1, -0.05) is 6.07 Å². The maximum absolute atomic E-state index is 12.5. The van der Waals surface area contributed by atoms with Crippen molar-refractivity contribution < 1.29 is 4.79 Å². The molecule has 1 amide bonds. The first-order chi connectivity index (χ1) is 13.7. The van der Waals surface area contributed by atoms with Crippen LogP contribution in [0.15, 0.2) is 48.9 Å². The van der Waals surface area contributed by atoms with E-state index in [1.807, 2.05) is 37.3 Å². The van der Waals surface area contributed by atoms with Crippen molar-refractivity contribution in [2.75, 3.05) is 36.4 Å². The third-order valence-corrected chi connectivity index (χ3v) is 4.46. The lowest BCUT2D eigenvalue weighted by Gasteiger charge is -2.34. The molecule has 0 spiro atoms. The Balaban J connectivity index is 1.34. The predicted octanol–water partition coefficient (Wildman–Crippen LogP) is 1.68. The summed E-state index contributed by atoms with van der Waals surface area (Å²) in [5.41, 5.74) is 1.17. The van der Waals surface area contributed by atoms with Crippen LogP contribution in [0, 0.1) is 6.92 Å². The lowest BCUT2D eigenvalue weighted by molar-refractivity contribution is 0.0740. The number of anilines is 3. The Hall–Kier alpha value is -3.62. The van der Waals surface area contributed by atoms with E-state index >= 15 is 0 Å². The summed E-state index contributed by atoms with van der Waals surface area (Å²) >= 11 is 0. The highest BCUT2D eigenvalue weighted by Crippen LogP contribution is 2.17. The lowest BCUT2D eigenvalue weighted by atomic mass is 10.2. The molecule has 0 bridgehead atoms. The third kappa shape index (κ3) is 4.03. The standard InChI is InChI=1S/C19H20N8O/c1-14-12-22-15(13-21-14)19(28)27-10-8-26(9-11-27)18-6-5-17(24-25-18)23-16-4-2-3-7-20-16/h2-7,12-13H,8-11H2,1H3,(H,20,23,24). The highest BCUT2D eigenvalue weighted by molar-refractivity contribution is 5.92. The number of rotatable bonds is 4. The van der Waals surface area contributed by atoms with Crippen LogP contribution in [0.2, 0.25) is 0 Å². The Kier molecular flexibility index (Phi) is 5.05. The summed E-state index contributed by atoms with van der Waals surface area (Å²) in [4.78, 5) is 29.0. The van der Waals surface area contributed by atoms with Gasteiger partial charge in [-0.2, -0.15) is 0 Å². The van der Waals surface area contributed by atoms with Gasteiger partial charge in [0.25, 0.3) is 5.91 Å². The van der Waals surface area contributed by atoms with Crippen molar-refractivity contribution in [3.63, 3.8) is 0 Å². The highest BCUT2D eigenvalue weighted by atomic mass is 16.2. The van der Waals surface area contributed by atoms with E-state index < -0.39 is 0 Å². The first-order valence-corrected chi connectivity index (χ1v) is 9.04. The van der Waals surface area contributed by atoms with Crippen LogP contribution in [0.5, 0.6) is 0 Å². The van der Waals surface area contributed by atoms with Gasteiger partial charge in [-0.3, -0.25) is 9.78 Å². The average Bonchev–Trinajstić information content (AvgIpc) is 2.75. The van der Waals surface area contributed by atoms with Gasteiger partial charge in [0.2, 0.25) is 0 Å². The number of hydrogen-bond donors (Lipinski definition) is 1. The largest absolute Gasteiger partial charge is 0.352 e. The van der Waals surface area contributed by atoms with Crippen molar-refractivity contribution in [2.45, 2.75) is 6.92 Å². The normalized spacial score (nSPS) is 14.0. The summed E-state index contributed by atoms with van der Waals surface area (Å²) < 4.78 is 0. The number of amides is 1. The van der Waals surface area contributed by atoms with Gasteiger partial charge >= 0.3 is 0 Å². The molecule has 9 heteroatoms. The molecule has 9 nitrogen and oxygen atoms in total. The average molecular weight is 376 g/mol. The molecule has 0 saturated carbocycles. The van der Waals surface area contributed by atoms with Crippen molar-refractivity contribution in [2.24, 2.45) is 0 Å². The molecular weight excluding hydrogens is 356 g/mol. The molecule has 1 saturated heterocycles. The van der Waals surface area contributed by atoms with Crippen LogP contribution in [0.3, 0.4) is 0 Å². The van der Waals surface area contributed by atoms with E-state index in [1.165, 1.54) is 6.20 Å². The second-order valence-corrected chi connectivity index (χ2v) is 6.44. The number of piperazine rings is 1. The fraction of sp³-hybridized carbons (Fsp3) is 0.263. The van der Waals surface area contributed by atoms with E-state index in [2.05, 4.69) is 35.4 Å². The molecule has 1 N–H and O–H groups in total. The van der Waals surface area contributed by atoms with E-state index in [0.29, 0.717) is 37.7 Å². The molecule has 3 aromatic rings. The monoisotopic (exact) mass is 376 g/mol. The first kappa shape index (κ1) is 17.8. The SMILES string of the molecule is Cc1cnc(C(=O)N2CCN(c3ccc(Nc4ccccn4)nn3)CC2)cn1. The highest BCUT2D eigenvalue weighted by Gasteiger charge is 2.24. The fourth-order valence-electron chi connectivity index (χ4n) is 2.93. The number of aryl methyl sites for hydroxylation is 1. The summed E-state index contributed by atoms with van der Waals surface area (Å²) in [6, 6.07) is 9.41. The zero-order valence-electron chi connectivity index (χ0n) is 15.5. The van der Waals surface area contributed by atoms with E-state index in [4.69, 9.17) is 0 Å². The number of carbonyl (C=O) groups excluding carboxylic acids is 1. The Labute approximate surface area is 162 Å². The van der Waals surface area contributed by atoms with Gasteiger partial charge in [0.1, 0.15) is 11.5 Å². The number of carbonyl (C=O) groups is 1. The maximum Gasteiger partial charge on any atom is 0.274 e. The number of aromatic nitrogens is 5. The molecule has 3 aromatic heterocycles. The maximum atomic E-state index is 12.5. The van der Waals surface area contributed by atoms with Gasteiger partial charge in [-0.25, -0.2) is 9.97 Å². The molecule has 28 heavy (non-hydrogen) atoms. The zero-order chi connectivity index (χ0) is 19.3. The topological polar surface area (TPSA) is 100 Å². The van der Waals surface area contributed by atoms with E-state index in [-0.39, 0.29) is 5.91 Å². The molecule has 1 aliphatic heterocycles. The Bertz CT molecular complexity index is 922. The summed E-state index contributed by atoms with van der Waals surface area (Å²) in [6.07, 6.45) is 4.86. The van der Waals surface area contributed by atoms with Crippen LogP contribution in [-0.4, -0.2) is 62.1 Å². The smallest absolute Gasteiger partial charge is 0.274 e. The molecule has 1 fully saturated rings. The van der Waals surface area contributed by atoms with Crippen molar-refractivity contribution in [3.05, 3.63) is 60.3 Å². The van der Waals surface area contributed by atoms with Gasteiger partial charge in [0.15, 0.2) is 11.6 Å². The van der Waals surface area contributed by atoms with Crippen molar-refractivity contribution in [1.82, 2.24) is 30.0 Å². The van der Waals surface area contributed by atoms with Gasteiger partial charge in [-0.15, -0.1) is 10.2 Å². The summed E-state index contributed by atoms with van der Waals surface area (Å²) in [5, 5.41) is 11.6. The Morgan fingerprint density at radius 2 is 1.79 bits per heavy atom. The molecule has 0 radical (unpaired) electrons. The second-order valence-electron chi connectivity index (χ2n) is 6.44. The minimum Gasteiger partial charge on any atom is -0.352 e. The molecule has 0 aliphatic carbocycles. The Morgan fingerprint density at radius 3 is 2.43 bits per heavy atom. The first-order valence-electron chi connectivity index (χ1n) is 9.04. The molecule has 1 aliphatic rings. The number of nitrogens with one attached hydrogen (secondary N) is 1. The molecule has 0 aromatic carbocycles. The minimum atomic E-state index is -0.0897. The lowest BCUT2D eigenvalue weighted by Crippen LogP contribution is -2.49. The molecule has 4 heterocycles. The zero-order valence-corrected chi connectivity index (χ0v) is 15.5. The van der Waals surface area contributed by atoms with E-state index in [9.17, 15) is 4.79 Å². The van der Waals surface area contributed by atoms with E-state index in [1.54, 1.807) is 17.3 Å². The third-order valence-electron chi connectivity index (χ3n) is 4.46. The molecular formula is C19H20N8O. The molecule has 0 unspecified atom stereocenters. The van der Waals surface area contributed by atoms with Crippen molar-refractivity contribution >= 4 is 23.4 Å². The number of nitrogens with zero attached hydrogens (tertiary/aromatic N) is 7. The van der Waals surface area contributed by atoms with Gasteiger partial charge in [-0.05, 0) is 31.2 Å². The summed E-state index contributed by atoms with van der Waals surface area (Å²) in [5.74, 6) is 2.05. The van der Waals surface area contributed by atoms with Crippen LogP contribution in [-0.2, 0) is 0 Å².